The zero-order valence-electron chi connectivity index (χ0n) is 19.1. The maximum Gasteiger partial charge on any atom is 0.152 e. The first kappa shape index (κ1) is 26.5. The number of ketones is 2. The van der Waals surface area contributed by atoms with Crippen LogP contribution in [0, 0.1) is 0 Å². The van der Waals surface area contributed by atoms with Gasteiger partial charge in [-0.15, -0.1) is 0 Å². The monoisotopic (exact) mass is 477 g/mol. The van der Waals surface area contributed by atoms with E-state index in [1.807, 2.05) is 57.2 Å². The molecule has 0 saturated heterocycles. The molecule has 0 amide bonds. The van der Waals surface area contributed by atoms with Gasteiger partial charge in [-0.3, -0.25) is 9.59 Å². The summed E-state index contributed by atoms with van der Waals surface area (Å²) in [7, 11) is 0. The zero-order chi connectivity index (χ0) is 23.6. The number of nitrogens with one attached hydrogen (secondary N) is 1. The van der Waals surface area contributed by atoms with Gasteiger partial charge >= 0.3 is 0 Å². The Hall–Kier alpha value is -1.72. The third-order valence-electron chi connectivity index (χ3n) is 5.05. The first-order valence-electron chi connectivity index (χ1n) is 11.0. The quantitative estimate of drug-likeness (QED) is 0.392. The third-order valence-corrected chi connectivity index (χ3v) is 5.78. The molecule has 0 aliphatic rings. The molecular weight excluding hydrogens is 445 g/mol. The number of carbonyl (C=O) groups excluding carboxylic acids is 2. The van der Waals surface area contributed by atoms with E-state index in [9.17, 15) is 9.59 Å². The van der Waals surface area contributed by atoms with Crippen molar-refractivity contribution in [2.45, 2.75) is 64.5 Å². The zero-order valence-corrected chi connectivity index (χ0v) is 20.6. The van der Waals surface area contributed by atoms with E-state index in [1.165, 1.54) is 0 Å². The minimum Gasteiger partial charge on any atom is -0.374 e. The average Bonchev–Trinajstić information content (AvgIpc) is 2.75. The Morgan fingerprint density at radius 1 is 0.906 bits per heavy atom. The highest BCUT2D eigenvalue weighted by Crippen LogP contribution is 2.23. The SMILES string of the molecule is CC(C)(C)OC[C@@H](NCCC(=O)CCc1ccccc1)C(=O)CCc1ccc(Cl)c(Cl)c1. The molecule has 32 heavy (non-hydrogen) atoms. The summed E-state index contributed by atoms with van der Waals surface area (Å²) in [6, 6.07) is 14.9. The van der Waals surface area contributed by atoms with Crippen LogP contribution in [0.15, 0.2) is 48.5 Å². The standard InChI is InChI=1S/C26H33Cl2NO3/c1-26(2,3)32-18-24(25(31)14-11-20-10-13-22(27)23(28)17-20)29-16-15-21(30)12-9-19-7-5-4-6-8-19/h4-8,10,13,17,24,29H,9,11-12,14-16,18H2,1-3H3/t24-/m1/s1. The summed E-state index contributed by atoms with van der Waals surface area (Å²) in [5, 5.41) is 4.22. The number of hydrogen-bond acceptors (Lipinski definition) is 4. The van der Waals surface area contributed by atoms with E-state index in [2.05, 4.69) is 5.32 Å². The molecule has 0 aliphatic heterocycles. The van der Waals surface area contributed by atoms with Gasteiger partial charge in [0.25, 0.3) is 0 Å². The second-order valence-corrected chi connectivity index (χ2v) is 9.73. The molecule has 0 spiro atoms. The smallest absolute Gasteiger partial charge is 0.152 e. The van der Waals surface area contributed by atoms with E-state index in [0.717, 1.165) is 17.5 Å². The van der Waals surface area contributed by atoms with E-state index in [4.69, 9.17) is 27.9 Å². The lowest BCUT2D eigenvalue weighted by Gasteiger charge is -2.24. The van der Waals surface area contributed by atoms with E-state index >= 15 is 0 Å². The maximum atomic E-state index is 12.9. The number of carbonyl (C=O) groups is 2. The molecule has 1 N–H and O–H groups in total. The van der Waals surface area contributed by atoms with Crippen LogP contribution < -0.4 is 5.32 Å². The largest absolute Gasteiger partial charge is 0.374 e. The normalized spacial score (nSPS) is 12.5. The number of Topliss-reactive ketones (excluding diaryl/α,β-unsaturated/α-hetero) is 2. The third kappa shape index (κ3) is 10.3. The molecule has 0 unspecified atom stereocenters. The van der Waals surface area contributed by atoms with Crippen molar-refractivity contribution in [2.75, 3.05) is 13.2 Å². The van der Waals surface area contributed by atoms with Crippen molar-refractivity contribution < 1.29 is 14.3 Å². The van der Waals surface area contributed by atoms with Crippen molar-refractivity contribution in [3.63, 3.8) is 0 Å². The number of aryl methyl sites for hydroxylation is 2. The Kier molecular flexibility index (Phi) is 10.9. The Labute approximate surface area is 201 Å². The lowest BCUT2D eigenvalue weighted by Crippen LogP contribution is -2.43. The topological polar surface area (TPSA) is 55.4 Å². The Balaban J connectivity index is 1.84. The highest BCUT2D eigenvalue weighted by Gasteiger charge is 2.21. The Morgan fingerprint density at radius 3 is 2.25 bits per heavy atom. The average molecular weight is 478 g/mol. The van der Waals surface area contributed by atoms with Gasteiger partial charge in [0.15, 0.2) is 5.78 Å². The number of rotatable bonds is 13. The number of benzene rings is 2. The summed E-state index contributed by atoms with van der Waals surface area (Å²) in [5.41, 5.74) is 1.76. The molecule has 1 atom stereocenters. The van der Waals surface area contributed by atoms with Gasteiger partial charge in [0.2, 0.25) is 0 Å². The van der Waals surface area contributed by atoms with Crippen LogP contribution in [0.2, 0.25) is 10.0 Å². The lowest BCUT2D eigenvalue weighted by molar-refractivity contribution is -0.125. The van der Waals surface area contributed by atoms with Gasteiger partial charge in [-0.1, -0.05) is 59.6 Å². The fourth-order valence-corrected chi connectivity index (χ4v) is 3.50. The predicted molar refractivity (Wildman–Crippen MR) is 132 cm³/mol. The molecule has 2 aromatic rings. The molecule has 6 heteroatoms. The maximum absolute atomic E-state index is 12.9. The fraction of sp³-hybridized carbons (Fsp3) is 0.462. The molecule has 0 heterocycles. The van der Waals surface area contributed by atoms with Crippen molar-refractivity contribution in [3.8, 4) is 0 Å². The van der Waals surface area contributed by atoms with Crippen LogP contribution >= 0.6 is 23.2 Å². The van der Waals surface area contributed by atoms with Crippen LogP contribution in [0.3, 0.4) is 0 Å². The fourth-order valence-electron chi connectivity index (χ4n) is 3.18. The van der Waals surface area contributed by atoms with Gasteiger partial charge in [-0.2, -0.15) is 0 Å². The molecular formula is C26H33Cl2NO3. The first-order chi connectivity index (χ1) is 15.1. The summed E-state index contributed by atoms with van der Waals surface area (Å²) in [5.74, 6) is 0.233. The molecule has 4 nitrogen and oxygen atoms in total. The Bertz CT molecular complexity index is 878. The van der Waals surface area contributed by atoms with E-state index in [-0.39, 0.29) is 23.8 Å². The van der Waals surface area contributed by atoms with Crippen LogP contribution in [0.5, 0.6) is 0 Å². The molecule has 0 aromatic heterocycles. The summed E-state index contributed by atoms with van der Waals surface area (Å²) in [6.45, 7) is 6.58. The van der Waals surface area contributed by atoms with Crippen LogP contribution in [-0.4, -0.2) is 36.4 Å². The van der Waals surface area contributed by atoms with Crippen LogP contribution in [-0.2, 0) is 27.2 Å². The van der Waals surface area contributed by atoms with Crippen molar-refractivity contribution >= 4 is 34.8 Å². The molecule has 174 valence electrons. The second-order valence-electron chi connectivity index (χ2n) is 8.92. The van der Waals surface area contributed by atoms with Crippen LogP contribution in [0.25, 0.3) is 0 Å². The van der Waals surface area contributed by atoms with Gasteiger partial charge in [0.05, 0.1) is 28.3 Å². The molecule has 0 saturated carbocycles. The van der Waals surface area contributed by atoms with E-state index in [0.29, 0.717) is 42.3 Å². The molecule has 2 rings (SSSR count). The molecule has 0 bridgehead atoms. The lowest BCUT2D eigenvalue weighted by atomic mass is 10.0. The minimum atomic E-state index is -0.459. The second kappa shape index (κ2) is 13.1. The molecule has 2 aromatic carbocycles. The van der Waals surface area contributed by atoms with Crippen LogP contribution in [0.4, 0.5) is 0 Å². The van der Waals surface area contributed by atoms with E-state index in [1.54, 1.807) is 12.1 Å². The summed E-state index contributed by atoms with van der Waals surface area (Å²) >= 11 is 12.0. The van der Waals surface area contributed by atoms with Crippen molar-refractivity contribution in [1.29, 1.82) is 0 Å². The number of hydrogen-bond donors (Lipinski definition) is 1. The van der Waals surface area contributed by atoms with Crippen LogP contribution in [0.1, 0.15) is 51.2 Å². The van der Waals surface area contributed by atoms with Crippen molar-refractivity contribution in [3.05, 3.63) is 69.7 Å². The number of ether oxygens (including phenoxy) is 1. The van der Waals surface area contributed by atoms with Gasteiger partial charge < -0.3 is 10.1 Å². The Morgan fingerprint density at radius 2 is 1.59 bits per heavy atom. The van der Waals surface area contributed by atoms with Gasteiger partial charge in [0.1, 0.15) is 5.78 Å². The molecule has 0 radical (unpaired) electrons. The van der Waals surface area contributed by atoms with Gasteiger partial charge in [0, 0.05) is 25.8 Å². The predicted octanol–water partition coefficient (Wildman–Crippen LogP) is 5.86. The van der Waals surface area contributed by atoms with E-state index < -0.39 is 6.04 Å². The highest BCUT2D eigenvalue weighted by molar-refractivity contribution is 6.42. The molecule has 0 aliphatic carbocycles. The molecule has 0 fully saturated rings. The summed E-state index contributed by atoms with van der Waals surface area (Å²) < 4.78 is 5.86. The first-order valence-corrected chi connectivity index (χ1v) is 11.8. The number of halogens is 2. The van der Waals surface area contributed by atoms with Crippen molar-refractivity contribution in [1.82, 2.24) is 5.32 Å². The minimum absolute atomic E-state index is 0.0528. The van der Waals surface area contributed by atoms with Gasteiger partial charge in [-0.05, 0) is 56.9 Å². The summed E-state index contributed by atoms with van der Waals surface area (Å²) in [4.78, 5) is 25.2. The van der Waals surface area contributed by atoms with Gasteiger partial charge in [-0.25, -0.2) is 0 Å². The van der Waals surface area contributed by atoms with Crippen molar-refractivity contribution in [2.24, 2.45) is 0 Å². The summed E-state index contributed by atoms with van der Waals surface area (Å²) in [6.07, 6.45) is 2.54. The highest BCUT2D eigenvalue weighted by atomic mass is 35.5.